The van der Waals surface area contributed by atoms with Crippen molar-refractivity contribution in [3.63, 3.8) is 0 Å². The van der Waals surface area contributed by atoms with Gasteiger partial charge in [0.2, 0.25) is 0 Å². The molecule has 0 fully saturated rings. The standard InChI is InChI=1S/C17H21N3S/c1-4-13-11-15(20(3)19-13)16(18-5-2)14-8-6-7-12-9-10-21-17(12)14/h6-11,16,18H,4-5H2,1-3H3. The summed E-state index contributed by atoms with van der Waals surface area (Å²) in [6.07, 6.45) is 0.968. The van der Waals surface area contributed by atoms with Crippen molar-refractivity contribution < 1.29 is 0 Å². The lowest BCUT2D eigenvalue weighted by Gasteiger charge is -2.19. The number of thiophene rings is 1. The number of hydrogen-bond donors (Lipinski definition) is 1. The highest BCUT2D eigenvalue weighted by Crippen LogP contribution is 2.32. The van der Waals surface area contributed by atoms with Crippen molar-refractivity contribution in [2.24, 2.45) is 7.05 Å². The van der Waals surface area contributed by atoms with Gasteiger partial charge in [0.1, 0.15) is 0 Å². The molecule has 0 aliphatic heterocycles. The minimum absolute atomic E-state index is 0.190. The van der Waals surface area contributed by atoms with Crippen molar-refractivity contribution in [1.29, 1.82) is 0 Å². The van der Waals surface area contributed by atoms with Crippen molar-refractivity contribution in [2.75, 3.05) is 6.54 Å². The summed E-state index contributed by atoms with van der Waals surface area (Å²) < 4.78 is 3.38. The molecule has 4 heteroatoms. The average molecular weight is 299 g/mol. The lowest BCUT2D eigenvalue weighted by molar-refractivity contribution is 0.574. The van der Waals surface area contributed by atoms with Crippen molar-refractivity contribution in [3.05, 3.63) is 52.7 Å². The number of rotatable bonds is 5. The second-order valence-electron chi connectivity index (χ2n) is 5.21. The molecule has 21 heavy (non-hydrogen) atoms. The van der Waals surface area contributed by atoms with Gasteiger partial charge in [-0.25, -0.2) is 0 Å². The first-order chi connectivity index (χ1) is 10.2. The maximum atomic E-state index is 4.61. The lowest BCUT2D eigenvalue weighted by Crippen LogP contribution is -2.24. The molecule has 2 heterocycles. The van der Waals surface area contributed by atoms with Crippen LogP contribution in [0.2, 0.25) is 0 Å². The molecular weight excluding hydrogens is 278 g/mol. The van der Waals surface area contributed by atoms with E-state index in [0.717, 1.165) is 18.7 Å². The van der Waals surface area contributed by atoms with Crippen LogP contribution < -0.4 is 5.32 Å². The van der Waals surface area contributed by atoms with Crippen LogP contribution in [0.5, 0.6) is 0 Å². The molecule has 0 bridgehead atoms. The van der Waals surface area contributed by atoms with E-state index in [2.05, 4.69) is 60.0 Å². The Morgan fingerprint density at radius 2 is 2.14 bits per heavy atom. The Labute approximate surface area is 129 Å². The number of nitrogens with zero attached hydrogens (tertiary/aromatic N) is 2. The van der Waals surface area contributed by atoms with Crippen LogP contribution in [0.1, 0.15) is 36.8 Å². The fourth-order valence-corrected chi connectivity index (χ4v) is 3.75. The predicted molar refractivity (Wildman–Crippen MR) is 89.9 cm³/mol. The lowest BCUT2D eigenvalue weighted by atomic mass is 10.0. The molecule has 0 saturated carbocycles. The van der Waals surface area contributed by atoms with Gasteiger partial charge in [0.25, 0.3) is 0 Å². The number of nitrogens with one attached hydrogen (secondary N) is 1. The van der Waals surface area contributed by atoms with Gasteiger partial charge >= 0.3 is 0 Å². The Morgan fingerprint density at radius 3 is 2.86 bits per heavy atom. The van der Waals surface area contributed by atoms with E-state index in [1.807, 2.05) is 23.1 Å². The Hall–Kier alpha value is -1.65. The summed E-state index contributed by atoms with van der Waals surface area (Å²) in [5, 5.41) is 11.7. The zero-order valence-electron chi connectivity index (χ0n) is 12.8. The molecule has 3 rings (SSSR count). The number of fused-ring (bicyclic) bond motifs is 1. The molecule has 1 N–H and O–H groups in total. The third-order valence-electron chi connectivity index (χ3n) is 3.85. The van der Waals surface area contributed by atoms with Crippen molar-refractivity contribution in [2.45, 2.75) is 26.3 Å². The van der Waals surface area contributed by atoms with Gasteiger partial charge in [0.15, 0.2) is 0 Å². The Kier molecular flexibility index (Phi) is 4.08. The van der Waals surface area contributed by atoms with Gasteiger partial charge in [-0.05, 0) is 41.4 Å². The van der Waals surface area contributed by atoms with Gasteiger partial charge in [-0.2, -0.15) is 5.10 Å². The first-order valence-corrected chi connectivity index (χ1v) is 8.34. The maximum absolute atomic E-state index is 4.61. The first-order valence-electron chi connectivity index (χ1n) is 7.46. The van der Waals surface area contributed by atoms with Crippen LogP contribution in [0.4, 0.5) is 0 Å². The molecule has 1 unspecified atom stereocenters. The summed E-state index contributed by atoms with van der Waals surface area (Å²) in [4.78, 5) is 0. The van der Waals surface area contributed by atoms with Crippen LogP contribution in [-0.4, -0.2) is 16.3 Å². The Balaban J connectivity index is 2.13. The largest absolute Gasteiger partial charge is 0.305 e. The fourth-order valence-electron chi connectivity index (χ4n) is 2.81. The fraction of sp³-hybridized carbons (Fsp3) is 0.353. The number of aromatic nitrogens is 2. The van der Waals surface area contributed by atoms with Crippen molar-refractivity contribution in [1.82, 2.24) is 15.1 Å². The predicted octanol–water partition coefficient (Wildman–Crippen LogP) is 3.90. The molecule has 2 aromatic heterocycles. The molecule has 0 saturated heterocycles. The van der Waals surface area contributed by atoms with Gasteiger partial charge < -0.3 is 5.32 Å². The molecule has 0 spiro atoms. The second-order valence-corrected chi connectivity index (χ2v) is 6.13. The van der Waals surface area contributed by atoms with E-state index >= 15 is 0 Å². The SMILES string of the molecule is CCNC(c1cccc2ccsc12)c1cc(CC)nn1C. The van der Waals surface area contributed by atoms with Gasteiger partial charge in [-0.1, -0.05) is 32.0 Å². The minimum Gasteiger partial charge on any atom is -0.305 e. The van der Waals surface area contributed by atoms with E-state index in [-0.39, 0.29) is 6.04 Å². The monoisotopic (exact) mass is 299 g/mol. The minimum atomic E-state index is 0.190. The molecule has 1 aromatic carbocycles. The molecule has 0 aliphatic carbocycles. The second kappa shape index (κ2) is 6.00. The average Bonchev–Trinajstić information content (AvgIpc) is 3.10. The van der Waals surface area contributed by atoms with E-state index in [9.17, 15) is 0 Å². The summed E-state index contributed by atoms with van der Waals surface area (Å²) in [6, 6.07) is 11.2. The van der Waals surface area contributed by atoms with E-state index < -0.39 is 0 Å². The van der Waals surface area contributed by atoms with Crippen LogP contribution in [-0.2, 0) is 13.5 Å². The molecular formula is C17H21N3S. The molecule has 0 aliphatic rings. The highest BCUT2D eigenvalue weighted by atomic mass is 32.1. The summed E-state index contributed by atoms with van der Waals surface area (Å²) in [5.41, 5.74) is 3.72. The van der Waals surface area contributed by atoms with Gasteiger partial charge in [0.05, 0.1) is 17.4 Å². The molecule has 110 valence electrons. The number of benzene rings is 1. The highest BCUT2D eigenvalue weighted by Gasteiger charge is 2.20. The summed E-state index contributed by atoms with van der Waals surface area (Å²) in [7, 11) is 2.04. The quantitative estimate of drug-likeness (QED) is 0.774. The van der Waals surface area contributed by atoms with Crippen LogP contribution in [0.3, 0.4) is 0 Å². The third kappa shape index (κ3) is 2.61. The zero-order valence-corrected chi connectivity index (χ0v) is 13.6. The zero-order chi connectivity index (χ0) is 14.8. The number of hydrogen-bond acceptors (Lipinski definition) is 3. The smallest absolute Gasteiger partial charge is 0.0762 e. The third-order valence-corrected chi connectivity index (χ3v) is 4.83. The maximum Gasteiger partial charge on any atom is 0.0762 e. The molecule has 0 radical (unpaired) electrons. The first kappa shape index (κ1) is 14.3. The topological polar surface area (TPSA) is 29.9 Å². The van der Waals surface area contributed by atoms with Gasteiger partial charge in [0, 0.05) is 11.7 Å². The van der Waals surface area contributed by atoms with Gasteiger partial charge in [-0.15, -0.1) is 11.3 Å². The Bertz CT molecular complexity index is 741. The summed E-state index contributed by atoms with van der Waals surface area (Å²) in [5.74, 6) is 0. The molecule has 3 aromatic rings. The molecule has 0 amide bonds. The normalized spacial score (nSPS) is 12.9. The number of aryl methyl sites for hydroxylation is 2. The van der Waals surface area contributed by atoms with Crippen molar-refractivity contribution in [3.8, 4) is 0 Å². The van der Waals surface area contributed by atoms with Crippen molar-refractivity contribution >= 4 is 21.4 Å². The van der Waals surface area contributed by atoms with E-state index in [4.69, 9.17) is 0 Å². The molecule has 1 atom stereocenters. The Morgan fingerprint density at radius 1 is 1.29 bits per heavy atom. The highest BCUT2D eigenvalue weighted by molar-refractivity contribution is 7.17. The van der Waals surface area contributed by atoms with Gasteiger partial charge in [-0.3, -0.25) is 4.68 Å². The molecule has 3 nitrogen and oxygen atoms in total. The van der Waals surface area contributed by atoms with E-state index in [1.165, 1.54) is 21.3 Å². The summed E-state index contributed by atoms with van der Waals surface area (Å²) >= 11 is 1.81. The van der Waals surface area contributed by atoms with E-state index in [1.54, 1.807) is 0 Å². The van der Waals surface area contributed by atoms with Crippen LogP contribution >= 0.6 is 11.3 Å². The van der Waals surface area contributed by atoms with E-state index in [0.29, 0.717) is 0 Å². The van der Waals surface area contributed by atoms with Crippen LogP contribution in [0.25, 0.3) is 10.1 Å². The summed E-state index contributed by atoms with van der Waals surface area (Å²) in [6.45, 7) is 5.23. The van der Waals surface area contributed by atoms with Crippen LogP contribution in [0, 0.1) is 0 Å². The van der Waals surface area contributed by atoms with Crippen LogP contribution in [0.15, 0.2) is 35.7 Å².